The van der Waals surface area contributed by atoms with Gasteiger partial charge in [-0.05, 0) is 54.4 Å². The SMILES string of the molecule is Cc1cc(Nc2ccc(F)cc2)c(C=N)cc1C1CN(S(=O)(=O)c2cnn(C)n2)CCN1C(=O)C(C)C. The maximum absolute atomic E-state index is 13.3. The number of benzene rings is 2. The predicted molar refractivity (Wildman–Crippen MR) is 138 cm³/mol. The van der Waals surface area contributed by atoms with Gasteiger partial charge in [0.25, 0.3) is 10.0 Å². The van der Waals surface area contributed by atoms with Gasteiger partial charge >= 0.3 is 0 Å². The molecule has 0 radical (unpaired) electrons. The molecule has 37 heavy (non-hydrogen) atoms. The maximum Gasteiger partial charge on any atom is 0.264 e. The normalized spacial score (nSPS) is 16.7. The Morgan fingerprint density at radius 2 is 1.92 bits per heavy atom. The molecule has 196 valence electrons. The van der Waals surface area contributed by atoms with E-state index in [0.29, 0.717) is 16.9 Å². The molecule has 1 aliphatic rings. The molecular formula is C25H30FN7O3S. The van der Waals surface area contributed by atoms with Crippen molar-refractivity contribution in [2.45, 2.75) is 31.8 Å². The molecule has 1 atom stereocenters. The number of aryl methyl sites for hydroxylation is 2. The quantitative estimate of drug-likeness (QED) is 0.455. The third kappa shape index (κ3) is 5.39. The van der Waals surface area contributed by atoms with E-state index in [1.165, 1.54) is 33.6 Å². The van der Waals surface area contributed by atoms with Crippen LogP contribution in [0.15, 0.2) is 47.6 Å². The first kappa shape index (κ1) is 26.4. The van der Waals surface area contributed by atoms with Crippen LogP contribution in [0.1, 0.15) is 36.6 Å². The Kier molecular flexibility index (Phi) is 7.42. The molecule has 10 nitrogen and oxygen atoms in total. The van der Waals surface area contributed by atoms with Crippen LogP contribution in [0.3, 0.4) is 0 Å². The molecule has 0 aliphatic carbocycles. The second kappa shape index (κ2) is 10.4. The summed E-state index contributed by atoms with van der Waals surface area (Å²) in [5.41, 5.74) is 3.42. The number of amides is 1. The monoisotopic (exact) mass is 527 g/mol. The predicted octanol–water partition coefficient (Wildman–Crippen LogP) is 3.23. The first-order chi connectivity index (χ1) is 17.5. The van der Waals surface area contributed by atoms with Gasteiger partial charge in [-0.3, -0.25) is 4.79 Å². The van der Waals surface area contributed by atoms with Crippen LogP contribution in [-0.2, 0) is 21.9 Å². The molecule has 0 spiro atoms. The van der Waals surface area contributed by atoms with Crippen LogP contribution in [0.2, 0.25) is 0 Å². The second-order valence-corrected chi connectivity index (χ2v) is 11.2. The first-order valence-electron chi connectivity index (χ1n) is 11.9. The van der Waals surface area contributed by atoms with Crippen molar-refractivity contribution < 1.29 is 17.6 Å². The molecular weight excluding hydrogens is 497 g/mol. The molecule has 0 saturated carbocycles. The van der Waals surface area contributed by atoms with Crippen molar-refractivity contribution in [1.29, 1.82) is 5.41 Å². The van der Waals surface area contributed by atoms with E-state index in [9.17, 15) is 17.6 Å². The number of halogens is 1. The lowest BCUT2D eigenvalue weighted by Crippen LogP contribution is -2.53. The summed E-state index contributed by atoms with van der Waals surface area (Å²) in [6, 6.07) is 8.99. The van der Waals surface area contributed by atoms with E-state index in [0.717, 1.165) is 11.1 Å². The molecule has 1 unspecified atom stereocenters. The zero-order chi connectivity index (χ0) is 26.9. The topological polar surface area (TPSA) is 124 Å². The van der Waals surface area contributed by atoms with Gasteiger partial charge in [0.15, 0.2) is 0 Å². The lowest BCUT2D eigenvalue weighted by Gasteiger charge is -2.42. The zero-order valence-corrected chi connectivity index (χ0v) is 22.0. The minimum atomic E-state index is -3.92. The molecule has 1 fully saturated rings. The van der Waals surface area contributed by atoms with Crippen LogP contribution >= 0.6 is 0 Å². The first-order valence-corrected chi connectivity index (χ1v) is 13.3. The number of anilines is 2. The van der Waals surface area contributed by atoms with Crippen molar-refractivity contribution in [3.05, 3.63) is 65.1 Å². The largest absolute Gasteiger partial charge is 0.355 e. The number of carbonyl (C=O) groups is 1. The minimum Gasteiger partial charge on any atom is -0.355 e. The van der Waals surface area contributed by atoms with Crippen LogP contribution in [0.4, 0.5) is 15.8 Å². The van der Waals surface area contributed by atoms with Crippen LogP contribution in [-0.4, -0.2) is 64.4 Å². The lowest BCUT2D eigenvalue weighted by atomic mass is 9.94. The molecule has 1 aromatic heterocycles. The van der Waals surface area contributed by atoms with Gasteiger partial charge < -0.3 is 15.6 Å². The fourth-order valence-electron chi connectivity index (χ4n) is 4.43. The van der Waals surface area contributed by atoms with Crippen LogP contribution in [0.25, 0.3) is 0 Å². The zero-order valence-electron chi connectivity index (χ0n) is 21.1. The number of hydrogen-bond donors (Lipinski definition) is 2. The number of nitrogens with one attached hydrogen (secondary N) is 2. The summed E-state index contributed by atoms with van der Waals surface area (Å²) in [6.45, 7) is 5.90. The van der Waals surface area contributed by atoms with E-state index < -0.39 is 16.1 Å². The molecule has 2 heterocycles. The van der Waals surface area contributed by atoms with Gasteiger partial charge in [-0.25, -0.2) is 12.8 Å². The molecule has 2 N–H and O–H groups in total. The number of carbonyl (C=O) groups excluding carboxylic acids is 1. The Labute approximate surface area is 215 Å². The highest BCUT2D eigenvalue weighted by atomic mass is 32.2. The fourth-order valence-corrected chi connectivity index (χ4v) is 5.76. The van der Waals surface area contributed by atoms with Crippen LogP contribution in [0, 0.1) is 24.1 Å². The Bertz CT molecular complexity index is 1420. The van der Waals surface area contributed by atoms with Crippen molar-refractivity contribution in [2.75, 3.05) is 25.0 Å². The number of hydrogen-bond acceptors (Lipinski definition) is 7. The third-order valence-corrected chi connectivity index (χ3v) is 8.11. The summed E-state index contributed by atoms with van der Waals surface area (Å²) in [6.07, 6.45) is 2.41. The molecule has 2 aromatic carbocycles. The highest BCUT2D eigenvalue weighted by Gasteiger charge is 2.39. The van der Waals surface area contributed by atoms with Crippen molar-refractivity contribution in [3.8, 4) is 0 Å². The van der Waals surface area contributed by atoms with Crippen LogP contribution in [0.5, 0.6) is 0 Å². The summed E-state index contributed by atoms with van der Waals surface area (Å²) >= 11 is 0. The Hall–Kier alpha value is -3.64. The Morgan fingerprint density at radius 3 is 2.51 bits per heavy atom. The Balaban J connectivity index is 1.73. The summed E-state index contributed by atoms with van der Waals surface area (Å²) in [4.78, 5) is 16.1. The Morgan fingerprint density at radius 1 is 1.22 bits per heavy atom. The fraction of sp³-hybridized carbons (Fsp3) is 0.360. The summed E-state index contributed by atoms with van der Waals surface area (Å²) < 4.78 is 41.3. The molecule has 1 aliphatic heterocycles. The number of nitrogens with zero attached hydrogens (tertiary/aromatic N) is 5. The van der Waals surface area contributed by atoms with E-state index in [1.54, 1.807) is 30.1 Å². The van der Waals surface area contributed by atoms with Crippen molar-refractivity contribution >= 4 is 33.5 Å². The van der Waals surface area contributed by atoms with Gasteiger partial charge in [-0.1, -0.05) is 13.8 Å². The van der Waals surface area contributed by atoms with Crippen molar-refractivity contribution in [3.63, 3.8) is 0 Å². The van der Waals surface area contributed by atoms with Gasteiger partial charge in [0, 0.05) is 55.8 Å². The standard InChI is InChI=1S/C25H30FN7O3S/c1-16(2)25(34)33-10-9-32(37(35,36)24-14-28-31(4)30-24)15-23(33)21-12-18(13-27)22(11-17(21)3)29-20-7-5-19(26)6-8-20/h5-8,11-14,16,23,27,29H,9-10,15H2,1-4H3. The number of piperazine rings is 1. The molecule has 12 heteroatoms. The molecule has 1 amide bonds. The van der Waals surface area contributed by atoms with E-state index in [2.05, 4.69) is 15.5 Å². The molecule has 1 saturated heterocycles. The second-order valence-electron chi connectivity index (χ2n) is 9.31. The van der Waals surface area contributed by atoms with E-state index >= 15 is 0 Å². The number of sulfonamides is 1. The highest BCUT2D eigenvalue weighted by molar-refractivity contribution is 7.89. The van der Waals surface area contributed by atoms with Gasteiger partial charge in [0.05, 0.1) is 12.2 Å². The van der Waals surface area contributed by atoms with Crippen molar-refractivity contribution in [1.82, 2.24) is 24.2 Å². The van der Waals surface area contributed by atoms with E-state index in [-0.39, 0.29) is 42.3 Å². The number of rotatable bonds is 7. The summed E-state index contributed by atoms with van der Waals surface area (Å²) in [5, 5.41) is 18.9. The van der Waals surface area contributed by atoms with Crippen molar-refractivity contribution in [2.24, 2.45) is 13.0 Å². The minimum absolute atomic E-state index is 0.0420. The van der Waals surface area contributed by atoms with E-state index in [1.807, 2.05) is 26.8 Å². The highest BCUT2D eigenvalue weighted by Crippen LogP contribution is 2.34. The smallest absolute Gasteiger partial charge is 0.264 e. The summed E-state index contributed by atoms with van der Waals surface area (Å²) in [7, 11) is -2.37. The van der Waals surface area contributed by atoms with Gasteiger partial charge in [0.1, 0.15) is 5.82 Å². The average Bonchev–Trinajstić information content (AvgIpc) is 3.32. The molecule has 3 aromatic rings. The van der Waals surface area contributed by atoms with Gasteiger partial charge in [-0.15, -0.1) is 5.10 Å². The summed E-state index contributed by atoms with van der Waals surface area (Å²) in [5.74, 6) is -0.698. The van der Waals surface area contributed by atoms with E-state index in [4.69, 9.17) is 5.41 Å². The van der Waals surface area contributed by atoms with Gasteiger partial charge in [0.2, 0.25) is 10.9 Å². The molecule has 0 bridgehead atoms. The average molecular weight is 528 g/mol. The third-order valence-electron chi connectivity index (χ3n) is 6.38. The lowest BCUT2D eigenvalue weighted by molar-refractivity contribution is -0.138. The van der Waals surface area contributed by atoms with Crippen LogP contribution < -0.4 is 5.32 Å². The molecule has 4 rings (SSSR count). The number of aromatic nitrogens is 3. The van der Waals surface area contributed by atoms with Gasteiger partial charge in [-0.2, -0.15) is 14.2 Å². The maximum atomic E-state index is 13.3.